The van der Waals surface area contributed by atoms with E-state index in [0.29, 0.717) is 11.1 Å². The van der Waals surface area contributed by atoms with E-state index in [0.717, 1.165) is 19.8 Å². The second-order valence-electron chi connectivity index (χ2n) is 4.76. The van der Waals surface area contributed by atoms with Crippen LogP contribution in [0.25, 0.3) is 0 Å². The van der Waals surface area contributed by atoms with Crippen molar-refractivity contribution in [3.05, 3.63) is 54.7 Å². The summed E-state index contributed by atoms with van der Waals surface area (Å²) in [6, 6.07) is 5.46. The van der Waals surface area contributed by atoms with Gasteiger partial charge in [0.2, 0.25) is 0 Å². The Morgan fingerprint density at radius 2 is 1.85 bits per heavy atom. The molecule has 0 saturated carbocycles. The third kappa shape index (κ3) is 2.66. The summed E-state index contributed by atoms with van der Waals surface area (Å²) in [6.45, 7) is 5.48. The zero-order chi connectivity index (χ0) is 15.0. The fraction of sp³-hybridized carbons (Fsp3) is 0.267. The van der Waals surface area contributed by atoms with Crippen molar-refractivity contribution in [3.8, 4) is 0 Å². The molecule has 1 unspecified atom stereocenters. The monoisotopic (exact) mass is 354 g/mol. The Balaban J connectivity index is 2.65. The van der Waals surface area contributed by atoms with E-state index in [1.807, 2.05) is 26.0 Å². The quantitative estimate of drug-likeness (QED) is 0.867. The van der Waals surface area contributed by atoms with Crippen molar-refractivity contribution >= 4 is 33.2 Å². The summed E-state index contributed by atoms with van der Waals surface area (Å²) >= 11 is 4.92. The van der Waals surface area contributed by atoms with E-state index >= 15 is 0 Å². The fourth-order valence-electron chi connectivity index (χ4n) is 2.35. The van der Waals surface area contributed by atoms with Crippen LogP contribution in [0.3, 0.4) is 0 Å². The molecule has 106 valence electrons. The Bertz CT molecular complexity index is 676. The average molecular weight is 355 g/mol. The summed E-state index contributed by atoms with van der Waals surface area (Å²) in [6.07, 6.45) is -0.927. The maximum Gasteiger partial charge on any atom is 0.336 e. The van der Waals surface area contributed by atoms with Crippen LogP contribution in [-0.4, -0.2) is 16.2 Å². The highest BCUT2D eigenvalue weighted by molar-refractivity contribution is 9.11. The molecule has 0 radical (unpaired) electrons. The molecule has 2 rings (SSSR count). The molecule has 3 nitrogen and oxygen atoms in total. The predicted molar refractivity (Wildman–Crippen MR) is 83.7 cm³/mol. The lowest BCUT2D eigenvalue weighted by molar-refractivity contribution is 0.0690. The molecule has 0 aliphatic rings. The van der Waals surface area contributed by atoms with Gasteiger partial charge in [-0.15, -0.1) is 11.3 Å². The van der Waals surface area contributed by atoms with Gasteiger partial charge in [0.05, 0.1) is 9.35 Å². The second-order valence-corrected chi connectivity index (χ2v) is 7.39. The van der Waals surface area contributed by atoms with E-state index in [4.69, 9.17) is 0 Å². The highest BCUT2D eigenvalue weighted by Crippen LogP contribution is 2.36. The summed E-state index contributed by atoms with van der Waals surface area (Å²) in [4.78, 5) is 12.5. The van der Waals surface area contributed by atoms with Crippen LogP contribution in [-0.2, 0) is 0 Å². The molecule has 0 saturated heterocycles. The SMILES string of the molecule is Cc1ccc(C)c(C(O)c2cc(Br)sc2C)c1C(=O)O. The lowest BCUT2D eigenvalue weighted by Crippen LogP contribution is -2.12. The van der Waals surface area contributed by atoms with E-state index in [2.05, 4.69) is 15.9 Å². The number of aliphatic hydroxyl groups excluding tert-OH is 1. The van der Waals surface area contributed by atoms with Crippen molar-refractivity contribution in [3.63, 3.8) is 0 Å². The highest BCUT2D eigenvalue weighted by Gasteiger charge is 2.24. The van der Waals surface area contributed by atoms with Gasteiger partial charge >= 0.3 is 5.97 Å². The minimum absolute atomic E-state index is 0.194. The van der Waals surface area contributed by atoms with Crippen LogP contribution in [0.1, 0.15) is 43.6 Å². The Kier molecular flexibility index (Phi) is 4.32. The summed E-state index contributed by atoms with van der Waals surface area (Å²) < 4.78 is 0.922. The molecule has 0 fully saturated rings. The number of aryl methyl sites for hydroxylation is 3. The number of aromatic carboxylic acids is 1. The average Bonchev–Trinajstić information content (AvgIpc) is 2.69. The van der Waals surface area contributed by atoms with E-state index in [1.165, 1.54) is 11.3 Å². The number of hydrogen-bond donors (Lipinski definition) is 2. The number of carboxylic acids is 1. The van der Waals surface area contributed by atoms with Gasteiger partial charge in [0, 0.05) is 10.4 Å². The number of carboxylic acid groups (broad SMARTS) is 1. The van der Waals surface area contributed by atoms with Crippen LogP contribution in [0.15, 0.2) is 22.0 Å². The topological polar surface area (TPSA) is 57.5 Å². The van der Waals surface area contributed by atoms with Crippen LogP contribution in [0.5, 0.6) is 0 Å². The number of rotatable bonds is 3. The molecular formula is C15H15BrO3S. The second kappa shape index (κ2) is 5.68. The summed E-state index contributed by atoms with van der Waals surface area (Å²) in [5.74, 6) is -1.01. The molecule has 1 atom stereocenters. The van der Waals surface area contributed by atoms with Gasteiger partial charge in [0.15, 0.2) is 0 Å². The first-order valence-corrected chi connectivity index (χ1v) is 7.71. The van der Waals surface area contributed by atoms with Gasteiger partial charge in [0.1, 0.15) is 6.10 Å². The first-order chi connectivity index (χ1) is 9.32. The molecule has 5 heteroatoms. The smallest absolute Gasteiger partial charge is 0.336 e. The van der Waals surface area contributed by atoms with Crippen molar-refractivity contribution in [2.75, 3.05) is 0 Å². The van der Waals surface area contributed by atoms with Gasteiger partial charge in [0.25, 0.3) is 0 Å². The number of thiophene rings is 1. The van der Waals surface area contributed by atoms with Crippen molar-refractivity contribution in [1.82, 2.24) is 0 Å². The molecule has 0 spiro atoms. The van der Waals surface area contributed by atoms with Crippen molar-refractivity contribution in [2.24, 2.45) is 0 Å². The Morgan fingerprint density at radius 3 is 2.35 bits per heavy atom. The predicted octanol–water partition coefficient (Wildman–Crippen LogP) is 4.22. The van der Waals surface area contributed by atoms with Crippen molar-refractivity contribution in [2.45, 2.75) is 26.9 Å². The van der Waals surface area contributed by atoms with Crippen molar-refractivity contribution < 1.29 is 15.0 Å². The molecule has 0 amide bonds. The molecule has 1 heterocycles. The van der Waals surface area contributed by atoms with Gasteiger partial charge in [-0.1, -0.05) is 12.1 Å². The summed E-state index contributed by atoms with van der Waals surface area (Å²) in [5, 5.41) is 20.1. The number of aliphatic hydroxyl groups is 1. The Hall–Kier alpha value is -1.17. The molecule has 20 heavy (non-hydrogen) atoms. The van der Waals surface area contributed by atoms with E-state index in [-0.39, 0.29) is 5.56 Å². The third-order valence-corrected chi connectivity index (χ3v) is 4.95. The minimum Gasteiger partial charge on any atom is -0.478 e. The van der Waals surface area contributed by atoms with Crippen LogP contribution >= 0.6 is 27.3 Å². The van der Waals surface area contributed by atoms with Crippen LogP contribution in [0, 0.1) is 20.8 Å². The Morgan fingerprint density at radius 1 is 1.25 bits per heavy atom. The normalized spacial score (nSPS) is 12.4. The van der Waals surface area contributed by atoms with Gasteiger partial charge in [-0.2, -0.15) is 0 Å². The maximum absolute atomic E-state index is 11.5. The van der Waals surface area contributed by atoms with Crippen LogP contribution in [0.2, 0.25) is 0 Å². The summed E-state index contributed by atoms with van der Waals surface area (Å²) in [5.41, 5.74) is 2.86. The molecule has 2 N–H and O–H groups in total. The third-order valence-electron chi connectivity index (χ3n) is 3.38. The van der Waals surface area contributed by atoms with E-state index in [1.54, 1.807) is 13.0 Å². The first kappa shape index (κ1) is 15.2. The molecule has 1 aromatic carbocycles. The van der Waals surface area contributed by atoms with Gasteiger partial charge in [-0.25, -0.2) is 4.79 Å². The lowest BCUT2D eigenvalue weighted by atomic mass is 9.90. The summed E-state index contributed by atoms with van der Waals surface area (Å²) in [7, 11) is 0. The number of carbonyl (C=O) groups is 1. The van der Waals surface area contributed by atoms with Gasteiger partial charge < -0.3 is 10.2 Å². The van der Waals surface area contributed by atoms with Crippen LogP contribution in [0.4, 0.5) is 0 Å². The zero-order valence-electron chi connectivity index (χ0n) is 11.4. The van der Waals surface area contributed by atoms with Crippen molar-refractivity contribution in [1.29, 1.82) is 0 Å². The molecule has 0 bridgehead atoms. The maximum atomic E-state index is 11.5. The first-order valence-electron chi connectivity index (χ1n) is 6.10. The largest absolute Gasteiger partial charge is 0.478 e. The standard InChI is InChI=1S/C15H15BrO3S/c1-7-4-5-8(2)13(15(18)19)12(7)14(17)10-6-11(16)20-9(10)3/h4-6,14,17H,1-3H3,(H,18,19). The molecular weight excluding hydrogens is 340 g/mol. The number of halogens is 1. The van der Waals surface area contributed by atoms with E-state index in [9.17, 15) is 15.0 Å². The van der Waals surface area contributed by atoms with Gasteiger partial charge in [-0.3, -0.25) is 0 Å². The molecule has 1 aromatic heterocycles. The zero-order valence-corrected chi connectivity index (χ0v) is 13.8. The van der Waals surface area contributed by atoms with Crippen LogP contribution < -0.4 is 0 Å². The molecule has 2 aromatic rings. The molecule has 0 aliphatic heterocycles. The van der Waals surface area contributed by atoms with Gasteiger partial charge in [-0.05, 0) is 59.5 Å². The number of hydrogen-bond acceptors (Lipinski definition) is 3. The number of benzene rings is 1. The fourth-order valence-corrected chi connectivity index (χ4v) is 4.10. The highest BCUT2D eigenvalue weighted by atomic mass is 79.9. The Labute approximate surface area is 130 Å². The minimum atomic E-state index is -1.01. The van der Waals surface area contributed by atoms with E-state index < -0.39 is 12.1 Å². The lowest BCUT2D eigenvalue weighted by Gasteiger charge is -2.18. The molecule has 0 aliphatic carbocycles.